The summed E-state index contributed by atoms with van der Waals surface area (Å²) in [5, 5.41) is 13.4. The smallest absolute Gasteiger partial charge is 0.384 e. The van der Waals surface area contributed by atoms with Gasteiger partial charge < -0.3 is 16.2 Å². The van der Waals surface area contributed by atoms with E-state index in [1.807, 2.05) is 0 Å². The first-order chi connectivity index (χ1) is 16.7. The molecule has 1 unspecified atom stereocenters. The molecular weight excluding hydrogens is 555 g/mol. The van der Waals surface area contributed by atoms with Crippen LogP contribution in [0.25, 0.3) is 0 Å². The van der Waals surface area contributed by atoms with Crippen LogP contribution >= 0.6 is 58.5 Å². The first-order valence-electron chi connectivity index (χ1n) is 9.99. The third-order valence-corrected chi connectivity index (χ3v) is 9.17. The number of hydrogen-bond donors (Lipinski definition) is 4. The van der Waals surface area contributed by atoms with Gasteiger partial charge in [-0.05, 0) is 40.5 Å². The number of anilines is 1. The van der Waals surface area contributed by atoms with E-state index in [4.69, 9.17) is 34.8 Å². The van der Waals surface area contributed by atoms with E-state index < -0.39 is 23.3 Å². The Morgan fingerprint density at radius 2 is 2.09 bits per heavy atom. The topological polar surface area (TPSA) is 156 Å². The number of halogens is 2. The number of rotatable bonds is 8. The van der Waals surface area contributed by atoms with Crippen molar-refractivity contribution in [3.63, 3.8) is 0 Å². The zero-order chi connectivity index (χ0) is 25.3. The van der Waals surface area contributed by atoms with E-state index in [0.29, 0.717) is 31.4 Å². The summed E-state index contributed by atoms with van der Waals surface area (Å²) < 4.78 is 1.29. The monoisotopic (exact) mass is 573 g/mol. The van der Waals surface area contributed by atoms with E-state index in [-0.39, 0.29) is 28.9 Å². The van der Waals surface area contributed by atoms with E-state index in [9.17, 15) is 19.5 Å². The average Bonchev–Trinajstić information content (AvgIpc) is 2.82. The number of amides is 2. The van der Waals surface area contributed by atoms with Gasteiger partial charge in [0.15, 0.2) is 0 Å². The number of aliphatic carboxylic acids is 1. The molecule has 2 atom stereocenters. The van der Waals surface area contributed by atoms with Gasteiger partial charge in [-0.2, -0.15) is 0 Å². The molecule has 1 saturated heterocycles. The number of hydrogen-bond acceptors (Lipinski definition) is 9. The summed E-state index contributed by atoms with van der Waals surface area (Å²) in [7, 11) is 0. The van der Waals surface area contributed by atoms with Gasteiger partial charge in [0.1, 0.15) is 23.3 Å². The van der Waals surface area contributed by atoms with Crippen molar-refractivity contribution in [1.82, 2.24) is 15.2 Å². The third kappa shape index (κ3) is 5.59. The second-order valence-electron chi connectivity index (χ2n) is 7.41. The third-order valence-electron chi connectivity index (χ3n) is 5.05. The highest BCUT2D eigenvalue weighted by atomic mass is 35.5. The number of nitrogens with zero attached hydrogens (tertiary/aromatic N) is 3. The minimum Gasteiger partial charge on any atom is -0.477 e. The fourth-order valence-electron chi connectivity index (χ4n) is 3.42. The van der Waals surface area contributed by atoms with Gasteiger partial charge in [0, 0.05) is 27.5 Å². The Balaban J connectivity index is 1.40. The fraction of sp³-hybridized carbons (Fsp3) is 0.250. The van der Waals surface area contributed by atoms with Crippen molar-refractivity contribution in [1.29, 1.82) is 0 Å². The van der Waals surface area contributed by atoms with Crippen LogP contribution in [0.15, 0.2) is 51.8 Å². The predicted octanol–water partition coefficient (Wildman–Crippen LogP) is 1.59. The van der Waals surface area contributed by atoms with Gasteiger partial charge in [0.05, 0.1) is 10.8 Å². The number of thioether (sulfide) groups is 3. The maximum absolute atomic E-state index is 12.8. The maximum Gasteiger partial charge on any atom is 0.384 e. The second kappa shape index (κ2) is 10.7. The Morgan fingerprint density at radius 3 is 2.83 bits per heavy atom. The second-order valence-corrected chi connectivity index (χ2v) is 11.3. The molecule has 1 aromatic carbocycles. The molecule has 3 heterocycles. The molecule has 2 aliphatic heterocycles. The lowest BCUT2D eigenvalue weighted by Crippen LogP contribution is -2.70. The zero-order valence-corrected chi connectivity index (χ0v) is 21.8. The molecule has 2 amide bonds. The summed E-state index contributed by atoms with van der Waals surface area (Å²) in [6, 6.07) is 5.68. The molecule has 184 valence electrons. The molecule has 0 saturated carbocycles. The van der Waals surface area contributed by atoms with Crippen molar-refractivity contribution in [2.75, 3.05) is 28.8 Å². The number of carbonyl (C=O) groups excluding carboxylic acids is 2. The van der Waals surface area contributed by atoms with Crippen LogP contribution in [0.3, 0.4) is 0 Å². The Labute approximate surface area is 222 Å². The number of carboxylic acid groups (broad SMARTS) is 1. The first kappa shape index (κ1) is 25.8. The first-order valence-corrected chi connectivity index (χ1v) is 13.8. The van der Waals surface area contributed by atoms with E-state index in [1.165, 1.54) is 44.9 Å². The van der Waals surface area contributed by atoms with E-state index in [1.54, 1.807) is 30.5 Å². The van der Waals surface area contributed by atoms with Crippen LogP contribution in [0.2, 0.25) is 10.0 Å². The van der Waals surface area contributed by atoms with Crippen LogP contribution < -0.4 is 21.6 Å². The molecule has 1 aromatic heterocycles. The van der Waals surface area contributed by atoms with E-state index in [0.717, 1.165) is 0 Å². The van der Waals surface area contributed by atoms with Gasteiger partial charge in [0.25, 0.3) is 5.91 Å². The van der Waals surface area contributed by atoms with Crippen molar-refractivity contribution in [3.05, 3.63) is 51.8 Å². The summed E-state index contributed by atoms with van der Waals surface area (Å²) in [4.78, 5) is 43.4. The predicted molar refractivity (Wildman–Crippen MR) is 137 cm³/mol. The number of nitrogens with two attached hydrogens (primary N) is 2. The molecular formula is C20H19Cl2N6O4S3+. The van der Waals surface area contributed by atoms with Gasteiger partial charge in [-0.3, -0.25) is 20.3 Å². The summed E-state index contributed by atoms with van der Waals surface area (Å²) in [5.41, 5.74) is 6.17. The van der Waals surface area contributed by atoms with Gasteiger partial charge >= 0.3 is 11.1 Å². The minimum absolute atomic E-state index is 0.0248. The van der Waals surface area contributed by atoms with E-state index >= 15 is 0 Å². The molecule has 6 N–H and O–H groups in total. The Hall–Kier alpha value is -2.32. The fourth-order valence-corrected chi connectivity index (χ4v) is 7.13. The molecule has 1 fully saturated rings. The number of aromatic nitrogens is 2. The summed E-state index contributed by atoms with van der Waals surface area (Å²) >= 11 is 15.9. The number of carboxylic acids is 1. The quantitative estimate of drug-likeness (QED) is 0.120. The highest BCUT2D eigenvalue weighted by Gasteiger charge is 2.54. The number of fused-ring (bicyclic) bond motifs is 1. The molecule has 0 bridgehead atoms. The van der Waals surface area contributed by atoms with Crippen LogP contribution in [0.1, 0.15) is 0 Å². The van der Waals surface area contributed by atoms with Crippen LogP contribution in [0.5, 0.6) is 0 Å². The van der Waals surface area contributed by atoms with Crippen LogP contribution in [-0.4, -0.2) is 61.4 Å². The summed E-state index contributed by atoms with van der Waals surface area (Å²) in [6.07, 6.45) is 1.55. The number of nitrogen functional groups attached to an aromatic ring is 2. The molecule has 2 aromatic rings. The van der Waals surface area contributed by atoms with Crippen molar-refractivity contribution in [2.45, 2.75) is 21.5 Å². The molecule has 35 heavy (non-hydrogen) atoms. The standard InChI is InChI=1S/C20H18Cl2N6O4S3/c21-10-1-2-11(22)12(5-10)33-8-14(29)26-15-17(30)28-16(19(31)32)9(6-34-18(15)28)7-35-20-25-13(23)3-4-27(20)24/h1-5,15,18,23H,6-8,24H2,(H2,26,29,31,32)/p+1/t15-,18?/m1/s1. The Morgan fingerprint density at radius 1 is 1.31 bits per heavy atom. The molecule has 0 radical (unpaired) electrons. The number of benzene rings is 1. The van der Waals surface area contributed by atoms with Gasteiger partial charge in [-0.25, -0.2) is 4.79 Å². The summed E-state index contributed by atoms with van der Waals surface area (Å²) in [6.45, 7) is 0. The van der Waals surface area contributed by atoms with Crippen molar-refractivity contribution >= 4 is 82.1 Å². The number of β-lactam (4-membered cyclic amide) rings is 1. The number of nitrogens with one attached hydrogen (secondary N) is 1. The lowest BCUT2D eigenvalue weighted by Gasteiger charge is -2.49. The molecule has 0 spiro atoms. The highest BCUT2D eigenvalue weighted by molar-refractivity contribution is 8.01. The van der Waals surface area contributed by atoms with Gasteiger partial charge in [-0.1, -0.05) is 23.2 Å². The van der Waals surface area contributed by atoms with E-state index in [2.05, 4.69) is 10.3 Å². The SMILES string of the molecule is Nc1cc[n+](N)c(SCC2=C(C(=O)O)N3C(=O)[C@@H](NC(=O)CSc4cc(Cl)ccc4Cl)C3SC2)n1. The van der Waals surface area contributed by atoms with Crippen molar-refractivity contribution < 1.29 is 24.2 Å². The van der Waals surface area contributed by atoms with Gasteiger partial charge in [0.2, 0.25) is 11.7 Å². The molecule has 10 nitrogen and oxygen atoms in total. The number of carbonyl (C=O) groups is 3. The Bertz CT molecular complexity index is 1250. The van der Waals surface area contributed by atoms with Crippen LogP contribution in [-0.2, 0) is 14.4 Å². The molecule has 15 heteroatoms. The normalized spacial score (nSPS) is 19.3. The average molecular weight is 575 g/mol. The molecule has 2 aliphatic rings. The largest absolute Gasteiger partial charge is 0.477 e. The van der Waals surface area contributed by atoms with Crippen LogP contribution in [0.4, 0.5) is 5.82 Å². The lowest BCUT2D eigenvalue weighted by molar-refractivity contribution is -0.682. The van der Waals surface area contributed by atoms with Crippen molar-refractivity contribution in [2.24, 2.45) is 0 Å². The van der Waals surface area contributed by atoms with Crippen molar-refractivity contribution in [3.8, 4) is 0 Å². The molecule has 4 rings (SSSR count). The van der Waals surface area contributed by atoms with Gasteiger partial charge in [-0.15, -0.1) is 28.2 Å². The highest BCUT2D eigenvalue weighted by Crippen LogP contribution is 2.41. The minimum atomic E-state index is -1.21. The summed E-state index contributed by atoms with van der Waals surface area (Å²) in [5.74, 6) is 4.73. The Kier molecular flexibility index (Phi) is 7.91. The lowest BCUT2D eigenvalue weighted by atomic mass is 10.0. The molecule has 0 aliphatic carbocycles. The van der Waals surface area contributed by atoms with Crippen LogP contribution in [0, 0.1) is 0 Å². The zero-order valence-electron chi connectivity index (χ0n) is 17.8. The maximum atomic E-state index is 12.8.